The van der Waals surface area contributed by atoms with Crippen molar-refractivity contribution in [1.29, 1.82) is 0 Å². The number of carbonyl (C=O) groups excluding carboxylic acids is 1. The molecule has 10 heteroatoms. The van der Waals surface area contributed by atoms with E-state index in [0.29, 0.717) is 66.9 Å². The van der Waals surface area contributed by atoms with Crippen molar-refractivity contribution in [1.82, 2.24) is 14.5 Å². The number of piperazine rings is 1. The van der Waals surface area contributed by atoms with Crippen molar-refractivity contribution in [3.8, 4) is 0 Å². The van der Waals surface area contributed by atoms with E-state index in [1.807, 2.05) is 18.2 Å². The fraction of sp³-hybridized carbons (Fsp3) is 0.435. The molecule has 0 unspecified atom stereocenters. The first-order valence-electron chi connectivity index (χ1n) is 10.9. The minimum Gasteiger partial charge on any atom is -0.351 e. The largest absolute Gasteiger partial charge is 0.351 e. The van der Waals surface area contributed by atoms with Gasteiger partial charge in [-0.2, -0.15) is 16.1 Å². The second-order valence-corrected chi connectivity index (χ2v) is 11.6. The van der Waals surface area contributed by atoms with Gasteiger partial charge in [0.1, 0.15) is 5.82 Å². The Morgan fingerprint density at radius 1 is 1.15 bits per heavy atom. The summed E-state index contributed by atoms with van der Waals surface area (Å²) in [5, 5.41) is 3.31. The minimum absolute atomic E-state index is 0.125. The molecule has 1 N–H and O–H groups in total. The van der Waals surface area contributed by atoms with E-state index >= 15 is 0 Å². The maximum absolute atomic E-state index is 13.8. The van der Waals surface area contributed by atoms with Crippen LogP contribution >= 0.6 is 23.4 Å². The van der Waals surface area contributed by atoms with E-state index in [9.17, 15) is 17.6 Å². The van der Waals surface area contributed by atoms with Crippen LogP contribution in [0.25, 0.3) is 0 Å². The third kappa shape index (κ3) is 7.42. The summed E-state index contributed by atoms with van der Waals surface area (Å²) < 4.78 is 39.4. The highest BCUT2D eigenvalue weighted by molar-refractivity contribution is 7.98. The molecule has 6 nitrogen and oxygen atoms in total. The Bertz CT molecular complexity index is 1040. The highest BCUT2D eigenvalue weighted by atomic mass is 35.5. The number of thioether (sulfide) groups is 1. The predicted octanol–water partition coefficient (Wildman–Crippen LogP) is 3.61. The monoisotopic (exact) mass is 513 g/mol. The molecule has 0 saturated carbocycles. The van der Waals surface area contributed by atoms with Crippen LogP contribution in [0.1, 0.15) is 28.4 Å². The lowest BCUT2D eigenvalue weighted by molar-refractivity contribution is 0.0956. The van der Waals surface area contributed by atoms with Crippen molar-refractivity contribution in [3.63, 3.8) is 0 Å². The van der Waals surface area contributed by atoms with Crippen LogP contribution in [0.5, 0.6) is 0 Å². The molecule has 1 aliphatic heterocycles. The maximum atomic E-state index is 13.8. The van der Waals surface area contributed by atoms with Gasteiger partial charge in [-0.1, -0.05) is 29.8 Å². The zero-order valence-corrected chi connectivity index (χ0v) is 21.0. The van der Waals surface area contributed by atoms with Crippen molar-refractivity contribution in [2.45, 2.75) is 19.2 Å². The first kappa shape index (κ1) is 26.0. The number of nitrogens with one attached hydrogen (secondary N) is 1. The second-order valence-electron chi connectivity index (χ2n) is 7.78. The van der Waals surface area contributed by atoms with E-state index in [0.717, 1.165) is 5.56 Å². The van der Waals surface area contributed by atoms with E-state index in [1.165, 1.54) is 17.8 Å². The number of rotatable bonds is 10. The third-order valence-corrected chi connectivity index (χ3v) is 8.75. The highest BCUT2D eigenvalue weighted by Gasteiger charge is 2.25. The Labute approximate surface area is 204 Å². The van der Waals surface area contributed by atoms with E-state index in [2.05, 4.69) is 10.2 Å². The summed E-state index contributed by atoms with van der Waals surface area (Å²) >= 11 is 7.54. The first-order valence-corrected chi connectivity index (χ1v) is 14.0. The Morgan fingerprint density at radius 3 is 2.58 bits per heavy atom. The lowest BCUT2D eigenvalue weighted by atomic mass is 10.1. The normalized spacial score (nSPS) is 15.5. The molecular weight excluding hydrogens is 485 g/mol. The molecule has 3 rings (SSSR count). The summed E-state index contributed by atoms with van der Waals surface area (Å²) in [4.78, 5) is 14.7. The van der Waals surface area contributed by atoms with Crippen LogP contribution in [0, 0.1) is 5.82 Å². The lowest BCUT2D eigenvalue weighted by Crippen LogP contribution is -2.48. The van der Waals surface area contributed by atoms with E-state index in [1.54, 1.807) is 29.4 Å². The molecule has 2 aromatic carbocycles. The van der Waals surface area contributed by atoms with Gasteiger partial charge in [-0.05, 0) is 36.8 Å². The molecule has 0 radical (unpaired) electrons. The summed E-state index contributed by atoms with van der Waals surface area (Å²) in [7, 11) is -3.14. The van der Waals surface area contributed by atoms with Crippen LogP contribution in [-0.2, 0) is 22.3 Å². The molecule has 1 amide bonds. The number of sulfonamides is 1. The van der Waals surface area contributed by atoms with Crippen LogP contribution in [0.2, 0.25) is 5.02 Å². The van der Waals surface area contributed by atoms with Crippen molar-refractivity contribution < 1.29 is 17.6 Å². The summed E-state index contributed by atoms with van der Waals surface area (Å²) in [5.41, 5.74) is 2.08. The zero-order valence-electron chi connectivity index (χ0n) is 18.6. The molecule has 1 aliphatic rings. The number of hydrogen-bond acceptors (Lipinski definition) is 5. The Morgan fingerprint density at radius 2 is 1.88 bits per heavy atom. The van der Waals surface area contributed by atoms with Gasteiger partial charge in [0.05, 0.1) is 5.75 Å². The van der Waals surface area contributed by atoms with E-state index in [-0.39, 0.29) is 17.5 Å². The van der Waals surface area contributed by atoms with E-state index < -0.39 is 10.0 Å². The molecule has 33 heavy (non-hydrogen) atoms. The Hall–Kier alpha value is -1.65. The Balaban J connectivity index is 1.43. The summed E-state index contributed by atoms with van der Waals surface area (Å²) in [5.74, 6) is 0.745. The van der Waals surface area contributed by atoms with Gasteiger partial charge in [-0.15, -0.1) is 0 Å². The first-order chi connectivity index (χ1) is 15.8. The SMILES string of the molecule is CCS(=O)(=O)N1CCN(Cc2cccc(C(=O)NCCSCc3c(F)cccc3Cl)c2)CC1. The molecule has 2 aromatic rings. The molecule has 180 valence electrons. The zero-order chi connectivity index (χ0) is 23.8. The quantitative estimate of drug-likeness (QED) is 0.491. The number of benzene rings is 2. The molecule has 0 atom stereocenters. The number of halogens is 2. The fourth-order valence-electron chi connectivity index (χ4n) is 3.60. The lowest BCUT2D eigenvalue weighted by Gasteiger charge is -2.33. The molecule has 0 aliphatic carbocycles. The second kappa shape index (κ2) is 12.2. The van der Waals surface area contributed by atoms with Gasteiger partial charge in [0.15, 0.2) is 0 Å². The van der Waals surface area contributed by atoms with Crippen LogP contribution in [0.3, 0.4) is 0 Å². The van der Waals surface area contributed by atoms with Crippen LogP contribution in [-0.4, -0.2) is 67.8 Å². The number of amides is 1. The molecule has 0 aromatic heterocycles. The fourth-order valence-corrected chi connectivity index (χ4v) is 5.88. The van der Waals surface area contributed by atoms with E-state index in [4.69, 9.17) is 11.6 Å². The van der Waals surface area contributed by atoms with Crippen molar-refractivity contribution >= 4 is 39.3 Å². The molecule has 0 spiro atoms. The maximum Gasteiger partial charge on any atom is 0.251 e. The standard InChI is InChI=1S/C23H29ClFN3O3S2/c1-2-33(30,31)28-12-10-27(11-13-28)16-18-5-3-6-19(15-18)23(29)26-9-14-32-17-20-21(24)7-4-8-22(20)25/h3-8,15H,2,9-14,16-17H2,1H3,(H,26,29). The van der Waals surface area contributed by atoms with Gasteiger partial charge < -0.3 is 5.32 Å². The summed E-state index contributed by atoms with van der Waals surface area (Å²) in [6, 6.07) is 12.1. The number of nitrogens with zero attached hydrogens (tertiary/aromatic N) is 2. The van der Waals surface area contributed by atoms with Gasteiger partial charge >= 0.3 is 0 Å². The number of carbonyl (C=O) groups is 1. The molecule has 1 heterocycles. The Kier molecular flexibility index (Phi) is 9.57. The molecular formula is C23H29ClFN3O3S2. The van der Waals surface area contributed by atoms with Crippen LogP contribution in [0.15, 0.2) is 42.5 Å². The van der Waals surface area contributed by atoms with Crippen LogP contribution < -0.4 is 5.32 Å². The molecule has 1 saturated heterocycles. The van der Waals surface area contributed by atoms with Gasteiger partial charge in [-0.25, -0.2) is 12.8 Å². The minimum atomic E-state index is -3.14. The van der Waals surface area contributed by atoms with Gasteiger partial charge in [0, 0.05) is 66.9 Å². The highest BCUT2D eigenvalue weighted by Crippen LogP contribution is 2.23. The van der Waals surface area contributed by atoms with Gasteiger partial charge in [0.25, 0.3) is 5.91 Å². The predicted molar refractivity (Wildman–Crippen MR) is 133 cm³/mol. The topological polar surface area (TPSA) is 69.7 Å². The summed E-state index contributed by atoms with van der Waals surface area (Å²) in [6.07, 6.45) is 0. The van der Waals surface area contributed by atoms with Crippen LogP contribution in [0.4, 0.5) is 4.39 Å². The smallest absolute Gasteiger partial charge is 0.251 e. The molecule has 1 fully saturated rings. The average Bonchev–Trinajstić information content (AvgIpc) is 2.81. The third-order valence-electron chi connectivity index (χ3n) is 5.52. The molecule has 0 bridgehead atoms. The van der Waals surface area contributed by atoms with Gasteiger partial charge in [-0.3, -0.25) is 9.69 Å². The summed E-state index contributed by atoms with van der Waals surface area (Å²) in [6.45, 7) is 5.11. The van der Waals surface area contributed by atoms with Gasteiger partial charge in [0.2, 0.25) is 10.0 Å². The number of hydrogen-bond donors (Lipinski definition) is 1. The van der Waals surface area contributed by atoms with Crippen molar-refractivity contribution in [2.75, 3.05) is 44.2 Å². The average molecular weight is 514 g/mol. The van der Waals surface area contributed by atoms with Crippen molar-refractivity contribution in [3.05, 3.63) is 70.0 Å². The van der Waals surface area contributed by atoms with Crippen molar-refractivity contribution in [2.24, 2.45) is 0 Å².